The van der Waals surface area contributed by atoms with Crippen LogP contribution in [-0.4, -0.2) is 29.3 Å². The summed E-state index contributed by atoms with van der Waals surface area (Å²) in [5.41, 5.74) is -0.514. The molecule has 1 heterocycles. The molecule has 1 aromatic rings. The van der Waals surface area contributed by atoms with Crippen LogP contribution in [0.3, 0.4) is 0 Å². The van der Waals surface area contributed by atoms with Crippen LogP contribution in [0, 0.1) is 0 Å². The monoisotopic (exact) mass is 398 g/mol. The first-order valence-corrected chi connectivity index (χ1v) is 7.64. The van der Waals surface area contributed by atoms with Crippen molar-refractivity contribution in [3.05, 3.63) is 24.3 Å². The lowest BCUT2D eigenvalue weighted by Crippen LogP contribution is -2.41. The summed E-state index contributed by atoms with van der Waals surface area (Å²) in [4.78, 5) is -4.47. The Kier molecular flexibility index (Phi) is 4.54. The lowest BCUT2D eigenvalue weighted by Gasteiger charge is -2.32. The fourth-order valence-corrected chi connectivity index (χ4v) is 1.96. The SMILES string of the molecule is CC1(C)OB(c2ccc(OC(F)(F)C(F)(F)Br)cc2)OC1(C)C. The molecule has 9 heteroatoms. The lowest BCUT2D eigenvalue weighted by atomic mass is 9.79. The normalized spacial score (nSPS) is 20.7. The highest BCUT2D eigenvalue weighted by atomic mass is 79.9. The van der Waals surface area contributed by atoms with Crippen LogP contribution in [0.4, 0.5) is 17.6 Å². The molecule has 1 aromatic carbocycles. The summed E-state index contributed by atoms with van der Waals surface area (Å²) in [5.74, 6) is -0.394. The second kappa shape index (κ2) is 5.63. The third kappa shape index (κ3) is 3.66. The molecule has 0 unspecified atom stereocenters. The second-order valence-corrected chi connectivity index (χ2v) is 7.27. The van der Waals surface area contributed by atoms with Crippen LogP contribution >= 0.6 is 15.9 Å². The molecule has 23 heavy (non-hydrogen) atoms. The first kappa shape index (κ1) is 18.5. The van der Waals surface area contributed by atoms with Gasteiger partial charge in [0.25, 0.3) is 0 Å². The molecule has 1 fully saturated rings. The molecule has 1 aliphatic heterocycles. The maximum absolute atomic E-state index is 13.2. The van der Waals surface area contributed by atoms with E-state index >= 15 is 0 Å². The van der Waals surface area contributed by atoms with Gasteiger partial charge in [-0.3, -0.25) is 0 Å². The molecule has 0 bridgehead atoms. The van der Waals surface area contributed by atoms with E-state index in [2.05, 4.69) is 4.74 Å². The minimum absolute atomic E-state index is 0.394. The molecular weight excluding hydrogens is 383 g/mol. The van der Waals surface area contributed by atoms with Gasteiger partial charge >= 0.3 is 18.1 Å². The zero-order valence-corrected chi connectivity index (χ0v) is 14.6. The van der Waals surface area contributed by atoms with E-state index in [1.54, 1.807) is 15.9 Å². The first-order valence-electron chi connectivity index (χ1n) is 6.84. The molecule has 0 aromatic heterocycles. The summed E-state index contributed by atoms with van der Waals surface area (Å²) < 4.78 is 67.3. The maximum atomic E-state index is 13.2. The van der Waals surface area contributed by atoms with Crippen LogP contribution in [0.1, 0.15) is 27.7 Å². The maximum Gasteiger partial charge on any atom is 0.494 e. The van der Waals surface area contributed by atoms with Crippen molar-refractivity contribution in [3.63, 3.8) is 0 Å². The Bertz CT molecular complexity index is 556. The third-order valence-electron chi connectivity index (χ3n) is 3.98. The van der Waals surface area contributed by atoms with E-state index in [9.17, 15) is 17.6 Å². The third-order valence-corrected chi connectivity index (χ3v) is 4.44. The van der Waals surface area contributed by atoms with Crippen molar-refractivity contribution in [3.8, 4) is 5.75 Å². The Labute approximate surface area is 140 Å². The standard InChI is InChI=1S/C14H16BBrF4O3/c1-11(2)12(3,4)23-15(22-11)9-5-7-10(8-6-9)21-14(19,20)13(16,17)18/h5-8H,1-4H3. The molecule has 1 saturated heterocycles. The summed E-state index contributed by atoms with van der Waals surface area (Å²) in [5, 5.41) is 0. The fourth-order valence-electron chi connectivity index (χ4n) is 1.88. The van der Waals surface area contributed by atoms with E-state index in [4.69, 9.17) is 9.31 Å². The Balaban J connectivity index is 2.13. The summed E-state index contributed by atoms with van der Waals surface area (Å²) >= 11 is 1.60. The van der Waals surface area contributed by atoms with Crippen molar-refractivity contribution in [1.82, 2.24) is 0 Å². The van der Waals surface area contributed by atoms with Crippen LogP contribution in [0.5, 0.6) is 5.75 Å². The average Bonchev–Trinajstić information content (AvgIpc) is 2.57. The summed E-state index contributed by atoms with van der Waals surface area (Å²) in [6.07, 6.45) is -4.67. The number of benzene rings is 1. The molecular formula is C14H16BBrF4O3. The molecule has 3 nitrogen and oxygen atoms in total. The molecule has 0 atom stereocenters. The average molecular weight is 399 g/mol. The topological polar surface area (TPSA) is 27.7 Å². The van der Waals surface area contributed by atoms with Crippen LogP contribution in [-0.2, 0) is 9.31 Å². The molecule has 2 rings (SSSR count). The van der Waals surface area contributed by atoms with Crippen LogP contribution < -0.4 is 10.2 Å². The predicted octanol–water partition coefficient (Wildman–Crippen LogP) is 3.95. The number of hydrogen-bond donors (Lipinski definition) is 0. The van der Waals surface area contributed by atoms with Gasteiger partial charge in [-0.25, -0.2) is 0 Å². The number of alkyl halides is 5. The summed E-state index contributed by atoms with van der Waals surface area (Å²) in [7, 11) is -0.674. The van der Waals surface area contributed by atoms with Gasteiger partial charge in [0.15, 0.2) is 0 Å². The van der Waals surface area contributed by atoms with Crippen molar-refractivity contribution in [2.45, 2.75) is 49.8 Å². The molecule has 1 aliphatic rings. The largest absolute Gasteiger partial charge is 0.494 e. The zero-order valence-electron chi connectivity index (χ0n) is 13.0. The van der Waals surface area contributed by atoms with Gasteiger partial charge in [0.2, 0.25) is 0 Å². The van der Waals surface area contributed by atoms with E-state index in [0.29, 0.717) is 5.46 Å². The van der Waals surface area contributed by atoms with Crippen LogP contribution in [0.15, 0.2) is 24.3 Å². The Hall–Kier alpha value is -0.795. The molecule has 0 aliphatic carbocycles. The molecule has 128 valence electrons. The number of ether oxygens (including phenoxy) is 1. The highest BCUT2D eigenvalue weighted by molar-refractivity contribution is 9.10. The van der Waals surface area contributed by atoms with Crippen molar-refractivity contribution in [2.75, 3.05) is 0 Å². The highest BCUT2D eigenvalue weighted by Crippen LogP contribution is 2.41. The second-order valence-electron chi connectivity index (χ2n) is 6.27. The zero-order chi connectivity index (χ0) is 17.7. The van der Waals surface area contributed by atoms with Crippen LogP contribution in [0.2, 0.25) is 0 Å². The quantitative estimate of drug-likeness (QED) is 0.436. The molecule has 0 N–H and O–H groups in total. The Morgan fingerprint density at radius 3 is 1.78 bits per heavy atom. The van der Waals surface area contributed by atoms with Gasteiger partial charge < -0.3 is 14.0 Å². The van der Waals surface area contributed by atoms with Gasteiger partial charge in [-0.1, -0.05) is 12.1 Å². The van der Waals surface area contributed by atoms with E-state index in [1.807, 2.05) is 27.7 Å². The number of halogens is 5. The Morgan fingerprint density at radius 1 is 0.957 bits per heavy atom. The van der Waals surface area contributed by atoms with Gasteiger partial charge in [-0.15, -0.1) is 0 Å². The fraction of sp³-hybridized carbons (Fsp3) is 0.571. The van der Waals surface area contributed by atoms with Gasteiger partial charge in [0.1, 0.15) is 5.75 Å². The van der Waals surface area contributed by atoms with E-state index < -0.39 is 35.0 Å². The van der Waals surface area contributed by atoms with Crippen LogP contribution in [0.25, 0.3) is 0 Å². The molecule has 0 radical (unpaired) electrons. The summed E-state index contributed by atoms with van der Waals surface area (Å²) in [6.45, 7) is 7.51. The highest BCUT2D eigenvalue weighted by Gasteiger charge is 2.58. The lowest BCUT2D eigenvalue weighted by molar-refractivity contribution is -0.266. The minimum atomic E-state index is -4.67. The van der Waals surface area contributed by atoms with Gasteiger partial charge in [-0.2, -0.15) is 17.6 Å². The minimum Gasteiger partial charge on any atom is -0.427 e. The smallest absolute Gasteiger partial charge is 0.427 e. The predicted molar refractivity (Wildman–Crippen MR) is 81.6 cm³/mol. The van der Waals surface area contributed by atoms with E-state index in [-0.39, 0.29) is 0 Å². The number of hydrogen-bond acceptors (Lipinski definition) is 3. The summed E-state index contributed by atoms with van der Waals surface area (Å²) in [6, 6.07) is 5.18. The molecule has 0 spiro atoms. The van der Waals surface area contributed by atoms with Gasteiger partial charge in [0, 0.05) is 15.9 Å². The van der Waals surface area contributed by atoms with Crippen molar-refractivity contribution < 1.29 is 31.6 Å². The van der Waals surface area contributed by atoms with Crippen molar-refractivity contribution in [2.24, 2.45) is 0 Å². The first-order chi connectivity index (χ1) is 10.3. The van der Waals surface area contributed by atoms with E-state index in [0.717, 1.165) is 12.1 Å². The van der Waals surface area contributed by atoms with Crippen molar-refractivity contribution in [1.29, 1.82) is 0 Å². The molecule has 0 amide bonds. The van der Waals surface area contributed by atoms with Gasteiger partial charge in [0.05, 0.1) is 11.2 Å². The van der Waals surface area contributed by atoms with E-state index in [1.165, 1.54) is 12.1 Å². The Morgan fingerprint density at radius 2 is 1.39 bits per heavy atom. The number of rotatable bonds is 4. The van der Waals surface area contributed by atoms with Gasteiger partial charge in [-0.05, 0) is 45.3 Å². The molecule has 0 saturated carbocycles. The van der Waals surface area contributed by atoms with Crippen molar-refractivity contribution >= 4 is 28.5 Å².